The number of rotatable bonds is 5. The van der Waals surface area contributed by atoms with Crippen LogP contribution in [0.3, 0.4) is 0 Å². The van der Waals surface area contributed by atoms with Crippen molar-refractivity contribution in [3.05, 3.63) is 12.7 Å². The molecule has 1 N–H and O–H groups in total. The van der Waals surface area contributed by atoms with Gasteiger partial charge in [0.15, 0.2) is 0 Å². The zero-order chi connectivity index (χ0) is 7.98. The van der Waals surface area contributed by atoms with Crippen LogP contribution in [0.2, 0.25) is 0 Å². The summed E-state index contributed by atoms with van der Waals surface area (Å²) in [4.78, 5) is 0. The molecule has 1 nitrogen and oxygen atoms in total. The topological polar surface area (TPSA) is 12.0 Å². The van der Waals surface area contributed by atoms with Gasteiger partial charge in [0.05, 0.1) is 0 Å². The summed E-state index contributed by atoms with van der Waals surface area (Å²) in [6.45, 7) is 10.3. The maximum Gasteiger partial charge on any atom is 0.0221 e. The minimum Gasteiger partial charge on any atom is -0.308 e. The Labute approximate surface area is 64.5 Å². The molecule has 0 aliphatic rings. The zero-order valence-electron chi connectivity index (χ0n) is 7.35. The van der Waals surface area contributed by atoms with E-state index in [1.807, 2.05) is 6.08 Å². The predicted molar refractivity (Wildman–Crippen MR) is 47.2 cm³/mol. The lowest BCUT2D eigenvalue weighted by molar-refractivity contribution is 0.483. The third-order valence-corrected chi connectivity index (χ3v) is 1.62. The highest BCUT2D eigenvalue weighted by molar-refractivity contribution is 4.82. The van der Waals surface area contributed by atoms with Crippen LogP contribution in [0.25, 0.3) is 0 Å². The highest BCUT2D eigenvalue weighted by Crippen LogP contribution is 1.96. The molecule has 0 fully saturated rings. The summed E-state index contributed by atoms with van der Waals surface area (Å²) < 4.78 is 0. The Bertz CT molecular complexity index is 88.7. The average molecular weight is 141 g/mol. The van der Waals surface area contributed by atoms with Gasteiger partial charge in [-0.15, -0.1) is 6.58 Å². The first-order valence-electron chi connectivity index (χ1n) is 4.09. The molecule has 0 aromatic carbocycles. The molecule has 60 valence electrons. The van der Waals surface area contributed by atoms with Crippen LogP contribution >= 0.6 is 0 Å². The molecule has 0 heterocycles. The van der Waals surface area contributed by atoms with Crippen molar-refractivity contribution in [2.75, 3.05) is 0 Å². The Morgan fingerprint density at radius 1 is 1.50 bits per heavy atom. The predicted octanol–water partition coefficient (Wildman–Crippen LogP) is 2.34. The van der Waals surface area contributed by atoms with Crippen LogP contribution in [-0.2, 0) is 0 Å². The second-order valence-corrected chi connectivity index (χ2v) is 2.88. The van der Waals surface area contributed by atoms with Gasteiger partial charge in [-0.25, -0.2) is 0 Å². The normalized spacial score (nSPS) is 16.3. The maximum absolute atomic E-state index is 3.71. The highest BCUT2D eigenvalue weighted by Gasteiger charge is 2.01. The Balaban J connectivity index is 3.36. The minimum absolute atomic E-state index is 0.446. The Kier molecular flexibility index (Phi) is 5.32. The molecule has 0 radical (unpaired) electrons. The van der Waals surface area contributed by atoms with E-state index < -0.39 is 0 Å². The SMILES string of the molecule is C=CC(C)NC(C)CCC. The summed E-state index contributed by atoms with van der Waals surface area (Å²) in [6, 6.07) is 1.07. The largest absolute Gasteiger partial charge is 0.308 e. The first-order chi connectivity index (χ1) is 4.70. The smallest absolute Gasteiger partial charge is 0.0221 e. The van der Waals surface area contributed by atoms with Gasteiger partial charge >= 0.3 is 0 Å². The quantitative estimate of drug-likeness (QED) is 0.579. The van der Waals surface area contributed by atoms with Crippen molar-refractivity contribution in [2.24, 2.45) is 0 Å². The molecule has 10 heavy (non-hydrogen) atoms. The van der Waals surface area contributed by atoms with Gasteiger partial charge in [0.25, 0.3) is 0 Å². The second-order valence-electron chi connectivity index (χ2n) is 2.88. The van der Waals surface area contributed by atoms with E-state index >= 15 is 0 Å². The molecule has 0 aliphatic carbocycles. The molecule has 0 saturated carbocycles. The van der Waals surface area contributed by atoms with Gasteiger partial charge in [0.1, 0.15) is 0 Å². The molecule has 0 aromatic heterocycles. The summed E-state index contributed by atoms with van der Waals surface area (Å²) in [5.74, 6) is 0. The van der Waals surface area contributed by atoms with Crippen molar-refractivity contribution < 1.29 is 0 Å². The molecular weight excluding hydrogens is 122 g/mol. The fraction of sp³-hybridized carbons (Fsp3) is 0.778. The summed E-state index contributed by atoms with van der Waals surface area (Å²) in [5.41, 5.74) is 0. The summed E-state index contributed by atoms with van der Waals surface area (Å²) in [6.07, 6.45) is 4.43. The van der Waals surface area contributed by atoms with Crippen LogP contribution in [0, 0.1) is 0 Å². The molecule has 2 unspecified atom stereocenters. The van der Waals surface area contributed by atoms with Crippen molar-refractivity contribution in [2.45, 2.75) is 45.7 Å². The Hall–Kier alpha value is -0.300. The third kappa shape index (κ3) is 4.57. The van der Waals surface area contributed by atoms with Crippen LogP contribution in [-0.4, -0.2) is 12.1 Å². The minimum atomic E-state index is 0.446. The second kappa shape index (κ2) is 5.48. The molecule has 0 amide bonds. The van der Waals surface area contributed by atoms with E-state index in [4.69, 9.17) is 0 Å². The van der Waals surface area contributed by atoms with E-state index in [0.717, 1.165) is 0 Å². The van der Waals surface area contributed by atoms with E-state index in [-0.39, 0.29) is 0 Å². The van der Waals surface area contributed by atoms with Gasteiger partial charge in [-0.1, -0.05) is 19.4 Å². The van der Waals surface area contributed by atoms with E-state index in [2.05, 4.69) is 32.7 Å². The van der Waals surface area contributed by atoms with Crippen molar-refractivity contribution in [3.8, 4) is 0 Å². The van der Waals surface area contributed by atoms with Crippen molar-refractivity contribution >= 4 is 0 Å². The van der Waals surface area contributed by atoms with E-state index in [0.29, 0.717) is 12.1 Å². The van der Waals surface area contributed by atoms with Crippen molar-refractivity contribution in [3.63, 3.8) is 0 Å². The molecule has 0 aromatic rings. The zero-order valence-corrected chi connectivity index (χ0v) is 7.35. The third-order valence-electron chi connectivity index (χ3n) is 1.62. The van der Waals surface area contributed by atoms with Crippen LogP contribution in [0.1, 0.15) is 33.6 Å². The van der Waals surface area contributed by atoms with Crippen LogP contribution < -0.4 is 5.32 Å². The molecule has 0 aliphatic heterocycles. The van der Waals surface area contributed by atoms with Gasteiger partial charge in [0, 0.05) is 12.1 Å². The van der Waals surface area contributed by atoms with Gasteiger partial charge in [-0.2, -0.15) is 0 Å². The first-order valence-corrected chi connectivity index (χ1v) is 4.09. The summed E-state index contributed by atoms with van der Waals surface area (Å²) in [7, 11) is 0. The standard InChI is InChI=1S/C9H19N/c1-5-7-9(4)10-8(3)6-2/h6,8-10H,2,5,7H2,1,3-4H3. The van der Waals surface area contributed by atoms with Crippen molar-refractivity contribution in [1.82, 2.24) is 5.32 Å². The number of hydrogen-bond acceptors (Lipinski definition) is 1. The lowest BCUT2D eigenvalue weighted by Crippen LogP contribution is -2.32. The summed E-state index contributed by atoms with van der Waals surface area (Å²) >= 11 is 0. The monoisotopic (exact) mass is 141 g/mol. The lowest BCUT2D eigenvalue weighted by atomic mass is 10.2. The average Bonchev–Trinajstić information content (AvgIpc) is 1.88. The fourth-order valence-corrected chi connectivity index (χ4v) is 1.03. The van der Waals surface area contributed by atoms with Gasteiger partial charge < -0.3 is 5.32 Å². The molecular formula is C9H19N. The number of hydrogen-bond donors (Lipinski definition) is 1. The van der Waals surface area contributed by atoms with Crippen LogP contribution in [0.5, 0.6) is 0 Å². The van der Waals surface area contributed by atoms with Gasteiger partial charge in [0.2, 0.25) is 0 Å². The highest BCUT2D eigenvalue weighted by atomic mass is 14.9. The molecule has 0 saturated heterocycles. The van der Waals surface area contributed by atoms with E-state index in [1.54, 1.807) is 0 Å². The Morgan fingerprint density at radius 2 is 2.10 bits per heavy atom. The van der Waals surface area contributed by atoms with Gasteiger partial charge in [-0.05, 0) is 20.3 Å². The van der Waals surface area contributed by atoms with Crippen LogP contribution in [0.15, 0.2) is 12.7 Å². The molecule has 0 bridgehead atoms. The summed E-state index contributed by atoms with van der Waals surface area (Å²) in [5, 5.41) is 3.41. The molecule has 0 spiro atoms. The fourth-order valence-electron chi connectivity index (χ4n) is 1.03. The van der Waals surface area contributed by atoms with Crippen LogP contribution in [0.4, 0.5) is 0 Å². The first kappa shape index (κ1) is 9.70. The lowest BCUT2D eigenvalue weighted by Gasteiger charge is -2.15. The Morgan fingerprint density at radius 3 is 2.50 bits per heavy atom. The molecule has 1 heteroatoms. The van der Waals surface area contributed by atoms with E-state index in [9.17, 15) is 0 Å². The molecule has 2 atom stereocenters. The van der Waals surface area contributed by atoms with E-state index in [1.165, 1.54) is 12.8 Å². The van der Waals surface area contributed by atoms with Gasteiger partial charge in [-0.3, -0.25) is 0 Å². The maximum atomic E-state index is 3.71. The van der Waals surface area contributed by atoms with Crippen molar-refractivity contribution in [1.29, 1.82) is 0 Å². The molecule has 0 rings (SSSR count). The number of nitrogens with one attached hydrogen (secondary N) is 1.